The number of benzene rings is 1. The molecule has 1 saturated carbocycles. The molecule has 0 bridgehead atoms. The molecule has 1 aliphatic carbocycles. The van der Waals surface area contributed by atoms with E-state index in [1.165, 1.54) is 18.6 Å². The molecule has 0 aliphatic heterocycles. The molecule has 2 nitrogen and oxygen atoms in total. The first-order chi connectivity index (χ1) is 10.1. The van der Waals surface area contributed by atoms with E-state index in [1.54, 1.807) is 0 Å². The molecule has 1 aromatic carbocycles. The second-order valence-corrected chi connectivity index (χ2v) is 6.46. The molecule has 0 aromatic heterocycles. The lowest BCUT2D eigenvalue weighted by Crippen LogP contribution is -2.37. The Morgan fingerprint density at radius 2 is 1.95 bits per heavy atom. The smallest absolute Gasteiger partial charge is 0.145 e. The minimum Gasteiger partial charge on any atom is -0.376 e. The van der Waals surface area contributed by atoms with Gasteiger partial charge in [-0.1, -0.05) is 19.3 Å². The fraction of sp³-hybridized carbons (Fsp3) is 0.625. The Morgan fingerprint density at radius 3 is 2.57 bits per heavy atom. The minimum absolute atomic E-state index is 0.0756. The van der Waals surface area contributed by atoms with Gasteiger partial charge in [0.1, 0.15) is 11.6 Å². The molecule has 2 N–H and O–H groups in total. The zero-order chi connectivity index (χ0) is 15.4. The summed E-state index contributed by atoms with van der Waals surface area (Å²) in [6.07, 6.45) is 5.15. The maximum atomic E-state index is 14.3. The van der Waals surface area contributed by atoms with Gasteiger partial charge in [0.05, 0.1) is 16.6 Å². The van der Waals surface area contributed by atoms with Crippen LogP contribution in [0.25, 0.3) is 0 Å². The molecule has 21 heavy (non-hydrogen) atoms. The van der Waals surface area contributed by atoms with E-state index in [9.17, 15) is 8.78 Å². The van der Waals surface area contributed by atoms with Crippen LogP contribution in [-0.4, -0.2) is 12.7 Å². The molecule has 1 fully saturated rings. The molecule has 5 heteroatoms. The van der Waals surface area contributed by atoms with E-state index in [0.29, 0.717) is 6.61 Å². The molecule has 0 amide bonds. The summed E-state index contributed by atoms with van der Waals surface area (Å²) in [6.45, 7) is 2.38. The number of nitrogens with two attached hydrogens (primary N) is 1. The van der Waals surface area contributed by atoms with Crippen molar-refractivity contribution in [3.8, 4) is 0 Å². The largest absolute Gasteiger partial charge is 0.376 e. The fourth-order valence-corrected chi connectivity index (χ4v) is 3.55. The van der Waals surface area contributed by atoms with Gasteiger partial charge in [0, 0.05) is 12.2 Å². The molecular formula is C16H22BrF2NO. The predicted molar refractivity (Wildman–Crippen MR) is 83.0 cm³/mol. The Hall–Kier alpha value is -0.520. The van der Waals surface area contributed by atoms with Gasteiger partial charge in [-0.15, -0.1) is 0 Å². The van der Waals surface area contributed by atoms with Gasteiger partial charge in [-0.3, -0.25) is 0 Å². The third-order valence-electron chi connectivity index (χ3n) is 4.24. The number of rotatable bonds is 5. The number of hydrogen-bond donors (Lipinski definition) is 1. The van der Waals surface area contributed by atoms with Crippen LogP contribution in [0.5, 0.6) is 0 Å². The van der Waals surface area contributed by atoms with Crippen LogP contribution in [0.3, 0.4) is 0 Å². The molecule has 118 valence electrons. The van der Waals surface area contributed by atoms with Crippen LogP contribution in [0.4, 0.5) is 8.78 Å². The Kier molecular flexibility index (Phi) is 6.14. The molecule has 0 radical (unpaired) electrons. The van der Waals surface area contributed by atoms with Crippen molar-refractivity contribution in [1.82, 2.24) is 0 Å². The van der Waals surface area contributed by atoms with Crippen molar-refractivity contribution in [3.63, 3.8) is 0 Å². The SMILES string of the molecule is CCOC(C1CCCCC1)C(N)c1c(F)ccc(Br)c1F. The highest BCUT2D eigenvalue weighted by atomic mass is 79.9. The average Bonchev–Trinajstić information content (AvgIpc) is 2.49. The van der Waals surface area contributed by atoms with Crippen molar-refractivity contribution in [2.45, 2.75) is 51.2 Å². The second kappa shape index (κ2) is 7.65. The van der Waals surface area contributed by atoms with Crippen LogP contribution in [0, 0.1) is 17.6 Å². The molecule has 0 saturated heterocycles. The first-order valence-electron chi connectivity index (χ1n) is 7.56. The van der Waals surface area contributed by atoms with Gasteiger partial charge in [0.2, 0.25) is 0 Å². The lowest BCUT2D eigenvalue weighted by Gasteiger charge is -2.34. The molecule has 2 atom stereocenters. The van der Waals surface area contributed by atoms with E-state index < -0.39 is 17.7 Å². The summed E-state index contributed by atoms with van der Waals surface area (Å²) < 4.78 is 34.3. The number of hydrogen-bond acceptors (Lipinski definition) is 2. The third kappa shape index (κ3) is 3.82. The van der Waals surface area contributed by atoms with Gasteiger partial charge in [0.15, 0.2) is 0 Å². The monoisotopic (exact) mass is 361 g/mol. The third-order valence-corrected chi connectivity index (χ3v) is 4.85. The van der Waals surface area contributed by atoms with Crippen LogP contribution >= 0.6 is 15.9 Å². The van der Waals surface area contributed by atoms with Gasteiger partial charge in [-0.25, -0.2) is 8.78 Å². The molecule has 0 heterocycles. The van der Waals surface area contributed by atoms with Crippen molar-refractivity contribution in [2.24, 2.45) is 11.7 Å². The predicted octanol–water partition coefficient (Wildman–Crippen LogP) is 4.71. The summed E-state index contributed by atoms with van der Waals surface area (Å²) in [4.78, 5) is 0. The van der Waals surface area contributed by atoms with Gasteiger partial charge in [-0.05, 0) is 53.7 Å². The first kappa shape index (κ1) is 16.8. The standard InChI is InChI=1S/C16H22BrF2NO/c1-2-21-16(10-6-4-3-5-7-10)15(20)13-12(18)9-8-11(17)14(13)19/h8-10,15-16H,2-7,20H2,1H3. The van der Waals surface area contributed by atoms with Gasteiger partial charge >= 0.3 is 0 Å². The van der Waals surface area contributed by atoms with E-state index in [-0.39, 0.29) is 22.1 Å². The Bertz CT molecular complexity index is 478. The first-order valence-corrected chi connectivity index (χ1v) is 8.36. The van der Waals surface area contributed by atoms with E-state index in [2.05, 4.69) is 15.9 Å². The van der Waals surface area contributed by atoms with Crippen molar-refractivity contribution in [2.75, 3.05) is 6.61 Å². The maximum absolute atomic E-state index is 14.3. The topological polar surface area (TPSA) is 35.2 Å². The van der Waals surface area contributed by atoms with E-state index >= 15 is 0 Å². The van der Waals surface area contributed by atoms with Crippen LogP contribution in [0.1, 0.15) is 50.6 Å². The summed E-state index contributed by atoms with van der Waals surface area (Å²) in [5.41, 5.74) is 6.13. The normalized spacial score (nSPS) is 19.5. The van der Waals surface area contributed by atoms with Crippen molar-refractivity contribution >= 4 is 15.9 Å². The summed E-state index contributed by atoms with van der Waals surface area (Å²) in [5.74, 6) is -0.960. The lowest BCUT2D eigenvalue weighted by molar-refractivity contribution is -0.0112. The van der Waals surface area contributed by atoms with Crippen molar-refractivity contribution in [1.29, 1.82) is 0 Å². The second-order valence-electron chi connectivity index (χ2n) is 5.60. The van der Waals surface area contributed by atoms with E-state index in [0.717, 1.165) is 25.7 Å². The molecule has 1 aromatic rings. The highest BCUT2D eigenvalue weighted by molar-refractivity contribution is 9.10. The van der Waals surface area contributed by atoms with Gasteiger partial charge < -0.3 is 10.5 Å². The van der Waals surface area contributed by atoms with E-state index in [4.69, 9.17) is 10.5 Å². The summed E-state index contributed by atoms with van der Waals surface area (Å²) >= 11 is 3.09. The zero-order valence-electron chi connectivity index (χ0n) is 12.2. The van der Waals surface area contributed by atoms with Gasteiger partial charge in [0.25, 0.3) is 0 Å². The van der Waals surface area contributed by atoms with Crippen LogP contribution in [-0.2, 0) is 4.74 Å². The Balaban J connectivity index is 2.29. The van der Waals surface area contributed by atoms with Gasteiger partial charge in [-0.2, -0.15) is 0 Å². The van der Waals surface area contributed by atoms with Crippen LogP contribution < -0.4 is 5.73 Å². The molecule has 1 aliphatic rings. The Morgan fingerprint density at radius 1 is 1.29 bits per heavy atom. The fourth-order valence-electron chi connectivity index (χ4n) is 3.20. The van der Waals surface area contributed by atoms with Crippen LogP contribution in [0.15, 0.2) is 16.6 Å². The number of ether oxygens (including phenoxy) is 1. The Labute approximate surface area is 133 Å². The zero-order valence-corrected chi connectivity index (χ0v) is 13.8. The van der Waals surface area contributed by atoms with Crippen molar-refractivity contribution < 1.29 is 13.5 Å². The summed E-state index contributed by atoms with van der Waals surface area (Å²) in [5, 5.41) is 0. The minimum atomic E-state index is -0.787. The summed E-state index contributed by atoms with van der Waals surface area (Å²) in [7, 11) is 0. The average molecular weight is 362 g/mol. The van der Waals surface area contributed by atoms with Crippen LogP contribution in [0.2, 0.25) is 0 Å². The van der Waals surface area contributed by atoms with Crippen molar-refractivity contribution in [3.05, 3.63) is 33.8 Å². The molecule has 0 spiro atoms. The lowest BCUT2D eigenvalue weighted by atomic mass is 9.81. The highest BCUT2D eigenvalue weighted by Crippen LogP contribution is 2.36. The highest BCUT2D eigenvalue weighted by Gasteiger charge is 2.33. The quantitative estimate of drug-likeness (QED) is 0.770. The van der Waals surface area contributed by atoms with E-state index in [1.807, 2.05) is 6.92 Å². The maximum Gasteiger partial charge on any atom is 0.145 e. The number of halogens is 3. The molecular weight excluding hydrogens is 340 g/mol. The molecule has 2 rings (SSSR count). The molecule has 2 unspecified atom stereocenters. The summed E-state index contributed by atoms with van der Waals surface area (Å²) in [6, 6.07) is 1.81.